The van der Waals surface area contributed by atoms with Crippen molar-refractivity contribution < 1.29 is 9.59 Å². The quantitative estimate of drug-likeness (QED) is 0.789. The van der Waals surface area contributed by atoms with Crippen molar-refractivity contribution in [1.82, 2.24) is 5.32 Å². The van der Waals surface area contributed by atoms with Crippen LogP contribution in [0.4, 0.5) is 11.4 Å². The Morgan fingerprint density at radius 3 is 2.60 bits per heavy atom. The Hall–Kier alpha value is -1.88. The van der Waals surface area contributed by atoms with Gasteiger partial charge in [-0.15, -0.1) is 0 Å². The third-order valence-electron chi connectivity index (χ3n) is 3.62. The number of amides is 2. The number of anilines is 2. The van der Waals surface area contributed by atoms with Crippen molar-refractivity contribution in [3.63, 3.8) is 0 Å². The average molecular weight is 275 g/mol. The first-order valence-corrected chi connectivity index (χ1v) is 6.90. The lowest BCUT2D eigenvalue weighted by Crippen LogP contribution is -2.39. The minimum absolute atomic E-state index is 0.00155. The number of benzene rings is 1. The maximum atomic E-state index is 12.2. The summed E-state index contributed by atoms with van der Waals surface area (Å²) >= 11 is 0. The number of carbonyl (C=O) groups excluding carboxylic acids is 2. The molecule has 1 aromatic rings. The second kappa shape index (κ2) is 6.05. The minimum atomic E-state index is -0.120. The first kappa shape index (κ1) is 14.5. The molecular weight excluding hydrogens is 254 g/mol. The summed E-state index contributed by atoms with van der Waals surface area (Å²) in [5.74, 6) is 0.255. The summed E-state index contributed by atoms with van der Waals surface area (Å²) in [6.45, 7) is 6.34. The third kappa shape index (κ3) is 3.36. The van der Waals surface area contributed by atoms with E-state index in [0.29, 0.717) is 5.92 Å². The molecule has 0 radical (unpaired) electrons. The van der Waals surface area contributed by atoms with E-state index < -0.39 is 0 Å². The van der Waals surface area contributed by atoms with E-state index in [1.807, 2.05) is 13.0 Å². The summed E-state index contributed by atoms with van der Waals surface area (Å²) in [6, 6.07) is 5.35. The van der Waals surface area contributed by atoms with E-state index in [0.717, 1.165) is 29.9 Å². The largest absolute Gasteiger partial charge is 0.326 e. The molecule has 2 atom stereocenters. The molecule has 1 saturated heterocycles. The Balaban J connectivity index is 2.04. The molecule has 1 aromatic carbocycles. The van der Waals surface area contributed by atoms with Gasteiger partial charge in [0.05, 0.1) is 6.04 Å². The minimum Gasteiger partial charge on any atom is -0.326 e. The lowest BCUT2D eigenvalue weighted by atomic mass is 10.0. The summed E-state index contributed by atoms with van der Waals surface area (Å²) in [5.41, 5.74) is 2.44. The van der Waals surface area contributed by atoms with Gasteiger partial charge in [0.25, 0.3) is 0 Å². The van der Waals surface area contributed by atoms with Crippen molar-refractivity contribution in [2.75, 3.05) is 17.2 Å². The fourth-order valence-corrected chi connectivity index (χ4v) is 2.48. The topological polar surface area (TPSA) is 70.2 Å². The van der Waals surface area contributed by atoms with E-state index in [-0.39, 0.29) is 17.9 Å². The Labute approximate surface area is 119 Å². The van der Waals surface area contributed by atoms with Crippen LogP contribution in [0.15, 0.2) is 18.2 Å². The number of nitrogens with one attached hydrogen (secondary N) is 3. The molecule has 2 amide bonds. The molecule has 0 bridgehead atoms. The Kier molecular flexibility index (Phi) is 4.39. The Morgan fingerprint density at radius 2 is 2.05 bits per heavy atom. The molecule has 5 heteroatoms. The van der Waals surface area contributed by atoms with Gasteiger partial charge in [0.2, 0.25) is 11.8 Å². The molecule has 108 valence electrons. The Bertz CT molecular complexity index is 528. The van der Waals surface area contributed by atoms with Gasteiger partial charge >= 0.3 is 0 Å². The van der Waals surface area contributed by atoms with Gasteiger partial charge in [-0.05, 0) is 49.6 Å². The molecule has 2 unspecified atom stereocenters. The zero-order valence-corrected chi connectivity index (χ0v) is 12.1. The lowest BCUT2D eigenvalue weighted by Gasteiger charge is -2.16. The number of hydrogen-bond donors (Lipinski definition) is 3. The second-order valence-electron chi connectivity index (χ2n) is 5.40. The smallest absolute Gasteiger partial charge is 0.241 e. The maximum absolute atomic E-state index is 12.2. The van der Waals surface area contributed by atoms with Crippen LogP contribution in [0, 0.1) is 12.8 Å². The standard InChI is InChI=1S/C15H21N3O2/c1-9-6-7-16-14(9)15(20)18-12-4-5-13(10(2)8-12)17-11(3)19/h4-5,8-9,14,16H,6-7H2,1-3H3,(H,17,19)(H,18,20). The summed E-state index contributed by atoms with van der Waals surface area (Å²) in [6.07, 6.45) is 1.03. The molecule has 1 fully saturated rings. The number of rotatable bonds is 3. The van der Waals surface area contributed by atoms with E-state index in [4.69, 9.17) is 0 Å². The van der Waals surface area contributed by atoms with Crippen molar-refractivity contribution in [1.29, 1.82) is 0 Å². The van der Waals surface area contributed by atoms with Crippen LogP contribution in [0.1, 0.15) is 25.8 Å². The first-order chi connectivity index (χ1) is 9.47. The molecule has 1 heterocycles. The SMILES string of the molecule is CC(=O)Nc1ccc(NC(=O)C2NCCC2C)cc1C. The van der Waals surface area contributed by atoms with Crippen molar-refractivity contribution >= 4 is 23.2 Å². The molecule has 3 N–H and O–H groups in total. The summed E-state index contributed by atoms with van der Waals surface area (Å²) in [7, 11) is 0. The van der Waals surface area contributed by atoms with Crippen molar-refractivity contribution in [3.8, 4) is 0 Å². The second-order valence-corrected chi connectivity index (χ2v) is 5.40. The van der Waals surface area contributed by atoms with Gasteiger partial charge in [0, 0.05) is 18.3 Å². The molecule has 0 saturated carbocycles. The summed E-state index contributed by atoms with van der Waals surface area (Å²) in [4.78, 5) is 23.2. The van der Waals surface area contributed by atoms with Crippen LogP contribution < -0.4 is 16.0 Å². The van der Waals surface area contributed by atoms with Gasteiger partial charge in [0.1, 0.15) is 0 Å². The zero-order chi connectivity index (χ0) is 14.7. The molecular formula is C15H21N3O2. The van der Waals surface area contributed by atoms with Gasteiger partial charge in [-0.3, -0.25) is 9.59 Å². The molecule has 1 aliphatic rings. The van der Waals surface area contributed by atoms with Gasteiger partial charge in [-0.1, -0.05) is 6.92 Å². The normalized spacial score (nSPS) is 21.6. The van der Waals surface area contributed by atoms with Crippen LogP contribution in [0.2, 0.25) is 0 Å². The molecule has 20 heavy (non-hydrogen) atoms. The molecule has 0 aromatic heterocycles. The number of carbonyl (C=O) groups is 2. The monoisotopic (exact) mass is 275 g/mol. The predicted octanol–water partition coefficient (Wildman–Crippen LogP) is 1.89. The summed E-state index contributed by atoms with van der Waals surface area (Å²) in [5, 5.41) is 8.88. The fraction of sp³-hybridized carbons (Fsp3) is 0.467. The molecule has 0 spiro atoms. The maximum Gasteiger partial charge on any atom is 0.241 e. The number of aryl methyl sites for hydroxylation is 1. The average Bonchev–Trinajstić information content (AvgIpc) is 2.78. The van der Waals surface area contributed by atoms with Crippen molar-refractivity contribution in [3.05, 3.63) is 23.8 Å². The Morgan fingerprint density at radius 1 is 1.30 bits per heavy atom. The van der Waals surface area contributed by atoms with Gasteiger partial charge in [0.15, 0.2) is 0 Å². The predicted molar refractivity (Wildman–Crippen MR) is 79.7 cm³/mol. The highest BCUT2D eigenvalue weighted by molar-refractivity contribution is 5.96. The zero-order valence-electron chi connectivity index (χ0n) is 12.1. The van der Waals surface area contributed by atoms with Gasteiger partial charge < -0.3 is 16.0 Å². The van der Waals surface area contributed by atoms with E-state index in [2.05, 4.69) is 22.9 Å². The van der Waals surface area contributed by atoms with Crippen LogP contribution in [0.3, 0.4) is 0 Å². The highest BCUT2D eigenvalue weighted by Gasteiger charge is 2.29. The van der Waals surface area contributed by atoms with Crippen LogP contribution in [-0.2, 0) is 9.59 Å². The van der Waals surface area contributed by atoms with Crippen molar-refractivity contribution in [2.45, 2.75) is 33.2 Å². The fourth-order valence-electron chi connectivity index (χ4n) is 2.48. The van der Waals surface area contributed by atoms with Gasteiger partial charge in [-0.25, -0.2) is 0 Å². The molecule has 2 rings (SSSR count). The van der Waals surface area contributed by atoms with Crippen molar-refractivity contribution in [2.24, 2.45) is 5.92 Å². The molecule has 0 aliphatic carbocycles. The third-order valence-corrected chi connectivity index (χ3v) is 3.62. The van der Waals surface area contributed by atoms with Crippen LogP contribution in [-0.4, -0.2) is 24.4 Å². The lowest BCUT2D eigenvalue weighted by molar-refractivity contribution is -0.118. The van der Waals surface area contributed by atoms with E-state index >= 15 is 0 Å². The summed E-state index contributed by atoms with van der Waals surface area (Å²) < 4.78 is 0. The van der Waals surface area contributed by atoms with E-state index in [9.17, 15) is 9.59 Å². The van der Waals surface area contributed by atoms with E-state index in [1.54, 1.807) is 12.1 Å². The highest BCUT2D eigenvalue weighted by atomic mass is 16.2. The van der Waals surface area contributed by atoms with Gasteiger partial charge in [-0.2, -0.15) is 0 Å². The van der Waals surface area contributed by atoms with Crippen LogP contribution in [0.5, 0.6) is 0 Å². The van der Waals surface area contributed by atoms with Crippen LogP contribution in [0.25, 0.3) is 0 Å². The van der Waals surface area contributed by atoms with E-state index in [1.165, 1.54) is 6.92 Å². The molecule has 1 aliphatic heterocycles. The number of hydrogen-bond acceptors (Lipinski definition) is 3. The molecule has 5 nitrogen and oxygen atoms in total. The highest BCUT2D eigenvalue weighted by Crippen LogP contribution is 2.21. The van der Waals surface area contributed by atoms with Crippen LogP contribution >= 0.6 is 0 Å². The first-order valence-electron chi connectivity index (χ1n) is 6.90.